The van der Waals surface area contributed by atoms with Gasteiger partial charge in [0, 0.05) is 36.9 Å². The highest BCUT2D eigenvalue weighted by atomic mass is 35.5. The number of aldehydes is 1. The molecule has 2 aromatic carbocycles. The van der Waals surface area contributed by atoms with Crippen LogP contribution in [-0.2, 0) is 9.84 Å². The Bertz CT molecular complexity index is 910. The molecule has 25 heavy (non-hydrogen) atoms. The van der Waals surface area contributed by atoms with Gasteiger partial charge in [-0.3, -0.25) is 4.79 Å². The standard InChI is InChI=1S/C17H16Cl2N2O3S/c18-12-4-5-17(14(19)10-12)25(23,24)16-3-1-2-15(13(16)11-22)21-8-6-20-7-9-21/h1-5,10-11,20H,6-9H2. The topological polar surface area (TPSA) is 66.5 Å². The van der Waals surface area contributed by atoms with Gasteiger partial charge in [-0.1, -0.05) is 29.3 Å². The lowest BCUT2D eigenvalue weighted by Crippen LogP contribution is -2.44. The predicted molar refractivity (Wildman–Crippen MR) is 98.8 cm³/mol. The highest BCUT2D eigenvalue weighted by Gasteiger charge is 2.27. The summed E-state index contributed by atoms with van der Waals surface area (Å²) in [5.74, 6) is 0. The van der Waals surface area contributed by atoms with Crippen molar-refractivity contribution in [3.05, 3.63) is 52.0 Å². The molecule has 1 N–H and O–H groups in total. The van der Waals surface area contributed by atoms with Crippen molar-refractivity contribution in [2.45, 2.75) is 9.79 Å². The molecule has 5 nitrogen and oxygen atoms in total. The van der Waals surface area contributed by atoms with Crippen molar-refractivity contribution in [3.63, 3.8) is 0 Å². The van der Waals surface area contributed by atoms with Gasteiger partial charge in [-0.05, 0) is 30.3 Å². The van der Waals surface area contributed by atoms with Crippen molar-refractivity contribution in [2.75, 3.05) is 31.1 Å². The third-order valence-electron chi connectivity index (χ3n) is 4.09. The quantitative estimate of drug-likeness (QED) is 0.801. The van der Waals surface area contributed by atoms with Gasteiger partial charge < -0.3 is 10.2 Å². The van der Waals surface area contributed by atoms with Crippen molar-refractivity contribution >= 4 is 45.0 Å². The lowest BCUT2D eigenvalue weighted by atomic mass is 10.1. The number of anilines is 1. The summed E-state index contributed by atoms with van der Waals surface area (Å²) in [5, 5.41) is 3.59. The fourth-order valence-corrected chi connectivity index (χ4v) is 5.09. The van der Waals surface area contributed by atoms with Gasteiger partial charge in [0.2, 0.25) is 9.84 Å². The fourth-order valence-electron chi connectivity index (χ4n) is 2.88. The second kappa shape index (κ2) is 7.33. The summed E-state index contributed by atoms with van der Waals surface area (Å²) in [5.41, 5.74) is 0.762. The average Bonchev–Trinajstić information content (AvgIpc) is 2.61. The van der Waals surface area contributed by atoms with Crippen molar-refractivity contribution in [3.8, 4) is 0 Å². The van der Waals surface area contributed by atoms with Gasteiger partial charge in [0.15, 0.2) is 6.29 Å². The maximum absolute atomic E-state index is 13.1. The molecule has 1 fully saturated rings. The summed E-state index contributed by atoms with van der Waals surface area (Å²) in [6.07, 6.45) is 0.591. The predicted octanol–water partition coefficient (Wildman–Crippen LogP) is 3.05. The molecule has 3 rings (SSSR count). The number of sulfone groups is 1. The number of rotatable bonds is 4. The molecule has 1 aliphatic heterocycles. The number of benzene rings is 2. The molecule has 1 saturated heterocycles. The monoisotopic (exact) mass is 398 g/mol. The van der Waals surface area contributed by atoms with E-state index >= 15 is 0 Å². The minimum Gasteiger partial charge on any atom is -0.368 e. The highest BCUT2D eigenvalue weighted by molar-refractivity contribution is 7.91. The van der Waals surface area contributed by atoms with Gasteiger partial charge in [0.1, 0.15) is 0 Å². The number of carbonyl (C=O) groups is 1. The largest absolute Gasteiger partial charge is 0.368 e. The van der Waals surface area contributed by atoms with Crippen LogP contribution in [0.4, 0.5) is 5.69 Å². The fraction of sp³-hybridized carbons (Fsp3) is 0.235. The molecule has 1 heterocycles. The minimum atomic E-state index is -3.95. The normalized spacial score (nSPS) is 15.2. The number of nitrogens with one attached hydrogen (secondary N) is 1. The maximum Gasteiger partial charge on any atom is 0.208 e. The van der Waals surface area contributed by atoms with E-state index in [0.29, 0.717) is 30.1 Å². The molecule has 2 aromatic rings. The Balaban J connectivity index is 2.14. The minimum absolute atomic E-state index is 0.0249. The van der Waals surface area contributed by atoms with Crippen molar-refractivity contribution < 1.29 is 13.2 Å². The number of halogens is 2. The van der Waals surface area contributed by atoms with E-state index in [0.717, 1.165) is 13.1 Å². The van der Waals surface area contributed by atoms with E-state index in [2.05, 4.69) is 5.32 Å². The molecule has 0 atom stereocenters. The number of carbonyl (C=O) groups excluding carboxylic acids is 1. The van der Waals surface area contributed by atoms with Crippen LogP contribution in [0.15, 0.2) is 46.2 Å². The Morgan fingerprint density at radius 2 is 1.76 bits per heavy atom. The van der Waals surface area contributed by atoms with E-state index < -0.39 is 9.84 Å². The van der Waals surface area contributed by atoms with Gasteiger partial charge in [-0.15, -0.1) is 0 Å². The van der Waals surface area contributed by atoms with Crippen molar-refractivity contribution in [2.24, 2.45) is 0 Å². The molecule has 0 spiro atoms. The Kier molecular flexibility index (Phi) is 5.34. The third-order valence-corrected chi connectivity index (χ3v) is 6.62. The van der Waals surface area contributed by atoms with Gasteiger partial charge in [0.25, 0.3) is 0 Å². The first-order valence-corrected chi connectivity index (χ1v) is 9.93. The summed E-state index contributed by atoms with van der Waals surface area (Å²) < 4.78 is 26.1. The number of piperazine rings is 1. The highest BCUT2D eigenvalue weighted by Crippen LogP contribution is 2.34. The maximum atomic E-state index is 13.1. The van der Waals surface area contributed by atoms with Gasteiger partial charge in [-0.25, -0.2) is 8.42 Å². The molecule has 1 aliphatic rings. The summed E-state index contributed by atoms with van der Waals surface area (Å²) in [7, 11) is -3.95. The van der Waals surface area contributed by atoms with E-state index in [1.807, 2.05) is 4.90 Å². The molecule has 0 saturated carbocycles. The first-order valence-electron chi connectivity index (χ1n) is 7.69. The Morgan fingerprint density at radius 3 is 2.40 bits per heavy atom. The summed E-state index contributed by atoms with van der Waals surface area (Å²) in [4.78, 5) is 13.6. The number of hydrogen-bond acceptors (Lipinski definition) is 5. The summed E-state index contributed by atoms with van der Waals surface area (Å²) in [6, 6.07) is 9.01. The summed E-state index contributed by atoms with van der Waals surface area (Å²) in [6.45, 7) is 2.95. The van der Waals surface area contributed by atoms with Crippen LogP contribution in [0.1, 0.15) is 10.4 Å². The molecule has 0 bridgehead atoms. The van der Waals surface area contributed by atoms with E-state index in [-0.39, 0.29) is 20.4 Å². The zero-order chi connectivity index (χ0) is 18.0. The lowest BCUT2D eigenvalue weighted by molar-refractivity contribution is 0.112. The number of hydrogen-bond donors (Lipinski definition) is 1. The zero-order valence-corrected chi connectivity index (χ0v) is 15.5. The van der Waals surface area contributed by atoms with Gasteiger partial charge >= 0.3 is 0 Å². The van der Waals surface area contributed by atoms with Gasteiger partial charge in [0.05, 0.1) is 20.4 Å². The molecular formula is C17H16Cl2N2O3S. The van der Waals surface area contributed by atoms with Crippen molar-refractivity contribution in [1.82, 2.24) is 5.32 Å². The molecule has 0 unspecified atom stereocenters. The third kappa shape index (κ3) is 3.53. The Labute approximate surface area is 156 Å². The van der Waals surface area contributed by atoms with Gasteiger partial charge in [-0.2, -0.15) is 0 Å². The van der Waals surface area contributed by atoms with Crippen LogP contribution >= 0.6 is 23.2 Å². The molecule has 0 radical (unpaired) electrons. The SMILES string of the molecule is O=Cc1c(N2CCNCC2)cccc1S(=O)(=O)c1ccc(Cl)cc1Cl. The van der Waals surface area contributed by atoms with E-state index in [1.54, 1.807) is 12.1 Å². The molecule has 0 aliphatic carbocycles. The first-order chi connectivity index (χ1) is 11.9. The van der Waals surface area contributed by atoms with Crippen LogP contribution in [-0.4, -0.2) is 40.9 Å². The first kappa shape index (κ1) is 18.2. The second-order valence-electron chi connectivity index (χ2n) is 5.62. The molecule has 0 amide bonds. The summed E-state index contributed by atoms with van der Waals surface area (Å²) >= 11 is 11.9. The van der Waals surface area contributed by atoms with E-state index in [9.17, 15) is 13.2 Å². The zero-order valence-electron chi connectivity index (χ0n) is 13.2. The molecular weight excluding hydrogens is 383 g/mol. The van der Waals surface area contributed by atoms with Crippen molar-refractivity contribution in [1.29, 1.82) is 0 Å². The van der Waals surface area contributed by atoms with Crippen LogP contribution in [0.2, 0.25) is 10.0 Å². The van der Waals surface area contributed by atoms with Crippen LogP contribution < -0.4 is 10.2 Å². The van der Waals surface area contributed by atoms with Crippen LogP contribution in [0.25, 0.3) is 0 Å². The smallest absolute Gasteiger partial charge is 0.208 e. The van der Waals surface area contributed by atoms with Crippen LogP contribution in [0.3, 0.4) is 0 Å². The average molecular weight is 399 g/mol. The second-order valence-corrected chi connectivity index (χ2v) is 8.35. The lowest BCUT2D eigenvalue weighted by Gasteiger charge is -2.30. The Hall–Kier alpha value is -1.60. The molecule has 132 valence electrons. The number of nitrogens with zero attached hydrogens (tertiary/aromatic N) is 1. The Morgan fingerprint density at radius 1 is 1.04 bits per heavy atom. The molecule has 8 heteroatoms. The van der Waals surface area contributed by atoms with Crippen LogP contribution in [0, 0.1) is 0 Å². The van der Waals surface area contributed by atoms with Crippen LogP contribution in [0.5, 0.6) is 0 Å². The van der Waals surface area contributed by atoms with E-state index in [4.69, 9.17) is 23.2 Å². The van der Waals surface area contributed by atoms with E-state index in [1.165, 1.54) is 24.3 Å². The molecule has 0 aromatic heterocycles.